The van der Waals surface area contributed by atoms with E-state index in [-0.39, 0.29) is 12.2 Å². The number of nitrogens with zero attached hydrogens (tertiary/aromatic N) is 1. The van der Waals surface area contributed by atoms with Gasteiger partial charge >= 0.3 is 0 Å². The van der Waals surface area contributed by atoms with Crippen LogP contribution >= 0.6 is 0 Å². The third-order valence-corrected chi connectivity index (χ3v) is 6.01. The molecule has 5 nitrogen and oxygen atoms in total. The van der Waals surface area contributed by atoms with Crippen LogP contribution in [-0.2, 0) is 21.2 Å². The fraction of sp³-hybridized carbons (Fsp3) is 0.571. The Morgan fingerprint density at radius 1 is 1.30 bits per heavy atom. The summed E-state index contributed by atoms with van der Waals surface area (Å²) in [6.07, 6.45) is 2.68. The fourth-order valence-electron chi connectivity index (χ4n) is 3.02. The number of nitrogens with two attached hydrogens (primary N) is 1. The largest absolute Gasteiger partial charge is 0.399 e. The molecule has 2 atom stereocenters. The normalized spacial score (nSPS) is 26.9. The number of fused-ring (bicyclic) bond motifs is 2. The molecule has 2 unspecified atom stereocenters. The zero-order valence-electron chi connectivity index (χ0n) is 11.6. The lowest BCUT2D eigenvalue weighted by molar-refractivity contribution is -0.0114. The molecule has 0 saturated carbocycles. The summed E-state index contributed by atoms with van der Waals surface area (Å²) in [5, 5.41) is 0. The first kappa shape index (κ1) is 13.9. The minimum Gasteiger partial charge on any atom is -0.399 e. The third kappa shape index (κ3) is 2.32. The lowest BCUT2D eigenvalue weighted by atomic mass is 10.1. The lowest BCUT2D eigenvalue weighted by Gasteiger charge is -2.31. The Kier molecular flexibility index (Phi) is 3.48. The van der Waals surface area contributed by atoms with Crippen molar-refractivity contribution in [3.05, 3.63) is 23.8 Å². The molecule has 2 saturated heterocycles. The van der Waals surface area contributed by atoms with Gasteiger partial charge in [-0.15, -0.1) is 0 Å². The maximum absolute atomic E-state index is 12.9. The van der Waals surface area contributed by atoms with E-state index in [0.29, 0.717) is 30.1 Å². The molecule has 0 aromatic heterocycles. The van der Waals surface area contributed by atoms with E-state index in [0.717, 1.165) is 18.4 Å². The fourth-order valence-corrected chi connectivity index (χ4v) is 4.85. The van der Waals surface area contributed by atoms with Crippen LogP contribution in [-0.4, -0.2) is 38.0 Å². The molecule has 0 aliphatic carbocycles. The van der Waals surface area contributed by atoms with Gasteiger partial charge in [-0.3, -0.25) is 0 Å². The molecule has 2 N–H and O–H groups in total. The van der Waals surface area contributed by atoms with Crippen molar-refractivity contribution in [2.45, 2.75) is 43.3 Å². The Morgan fingerprint density at radius 3 is 2.55 bits per heavy atom. The SMILES string of the molecule is CCc1ccc(N)cc1S(=O)(=O)N1CC2CCC(C1)O2. The van der Waals surface area contributed by atoms with Crippen LogP contribution in [0.2, 0.25) is 0 Å². The summed E-state index contributed by atoms with van der Waals surface area (Å²) >= 11 is 0. The van der Waals surface area contributed by atoms with Gasteiger partial charge in [0.15, 0.2) is 0 Å². The summed E-state index contributed by atoms with van der Waals surface area (Å²) in [6.45, 7) is 2.86. The number of ether oxygens (including phenoxy) is 1. The smallest absolute Gasteiger partial charge is 0.243 e. The van der Waals surface area contributed by atoms with Crippen molar-refractivity contribution >= 4 is 15.7 Å². The van der Waals surface area contributed by atoms with Crippen molar-refractivity contribution in [1.82, 2.24) is 4.31 Å². The zero-order valence-corrected chi connectivity index (χ0v) is 12.4. The highest BCUT2D eigenvalue weighted by atomic mass is 32.2. The molecule has 2 bridgehead atoms. The Labute approximate surface area is 119 Å². The molecule has 6 heteroatoms. The minimum absolute atomic E-state index is 0.0506. The van der Waals surface area contributed by atoms with E-state index >= 15 is 0 Å². The first-order valence-electron chi connectivity index (χ1n) is 7.04. The van der Waals surface area contributed by atoms with E-state index in [9.17, 15) is 8.42 Å². The summed E-state index contributed by atoms with van der Waals surface area (Å²) in [7, 11) is -3.48. The Balaban J connectivity index is 1.97. The van der Waals surface area contributed by atoms with Crippen molar-refractivity contribution in [2.75, 3.05) is 18.8 Å². The number of anilines is 1. The molecule has 0 amide bonds. The second-order valence-corrected chi connectivity index (χ2v) is 7.41. The van der Waals surface area contributed by atoms with E-state index < -0.39 is 10.0 Å². The maximum Gasteiger partial charge on any atom is 0.243 e. The van der Waals surface area contributed by atoms with Gasteiger partial charge in [0, 0.05) is 18.8 Å². The van der Waals surface area contributed by atoms with Gasteiger partial charge in [-0.25, -0.2) is 8.42 Å². The summed E-state index contributed by atoms with van der Waals surface area (Å²) in [6, 6.07) is 5.13. The van der Waals surface area contributed by atoms with Crippen LogP contribution in [0, 0.1) is 0 Å². The van der Waals surface area contributed by atoms with Crippen LogP contribution in [0.4, 0.5) is 5.69 Å². The number of morpholine rings is 1. The molecule has 2 aliphatic rings. The molecule has 2 heterocycles. The van der Waals surface area contributed by atoms with Crippen molar-refractivity contribution in [3.8, 4) is 0 Å². The van der Waals surface area contributed by atoms with Gasteiger partial charge in [0.25, 0.3) is 0 Å². The van der Waals surface area contributed by atoms with E-state index in [1.807, 2.05) is 6.92 Å². The Bertz CT molecular complexity index is 603. The highest BCUT2D eigenvalue weighted by Crippen LogP contribution is 2.31. The molecule has 0 spiro atoms. The zero-order chi connectivity index (χ0) is 14.3. The van der Waals surface area contributed by atoms with Crippen molar-refractivity contribution in [1.29, 1.82) is 0 Å². The molecular formula is C14H20N2O3S. The van der Waals surface area contributed by atoms with Gasteiger partial charge in [-0.2, -0.15) is 4.31 Å². The van der Waals surface area contributed by atoms with E-state index in [2.05, 4.69) is 0 Å². The second-order valence-electron chi connectivity index (χ2n) is 5.50. The van der Waals surface area contributed by atoms with Gasteiger partial charge in [-0.1, -0.05) is 13.0 Å². The maximum atomic E-state index is 12.9. The summed E-state index contributed by atoms with van der Waals surface area (Å²) < 4.78 is 33.0. The number of aryl methyl sites for hydroxylation is 1. The number of nitrogen functional groups attached to an aromatic ring is 1. The number of hydrogen-bond donors (Lipinski definition) is 1. The molecule has 1 aromatic rings. The highest BCUT2D eigenvalue weighted by molar-refractivity contribution is 7.89. The number of hydrogen-bond acceptors (Lipinski definition) is 4. The molecule has 20 heavy (non-hydrogen) atoms. The predicted octanol–water partition coefficient (Wildman–Crippen LogP) is 1.38. The first-order valence-corrected chi connectivity index (χ1v) is 8.48. The number of rotatable bonds is 3. The van der Waals surface area contributed by atoms with Crippen LogP contribution in [0.15, 0.2) is 23.1 Å². The quantitative estimate of drug-likeness (QED) is 0.855. The van der Waals surface area contributed by atoms with Crippen LogP contribution in [0.25, 0.3) is 0 Å². The van der Waals surface area contributed by atoms with Gasteiger partial charge in [-0.05, 0) is 37.0 Å². The second kappa shape index (κ2) is 5.02. The van der Waals surface area contributed by atoms with Crippen LogP contribution in [0.3, 0.4) is 0 Å². The summed E-state index contributed by atoms with van der Waals surface area (Å²) in [4.78, 5) is 0.348. The van der Waals surface area contributed by atoms with Gasteiger partial charge < -0.3 is 10.5 Å². The number of benzene rings is 1. The van der Waals surface area contributed by atoms with E-state index in [1.165, 1.54) is 0 Å². The van der Waals surface area contributed by atoms with Crippen LogP contribution in [0.1, 0.15) is 25.3 Å². The molecule has 0 radical (unpaired) electrons. The lowest BCUT2D eigenvalue weighted by Crippen LogP contribution is -2.45. The first-order chi connectivity index (χ1) is 9.50. The molecule has 1 aromatic carbocycles. The van der Waals surface area contributed by atoms with E-state index in [4.69, 9.17) is 10.5 Å². The molecule has 2 fully saturated rings. The highest BCUT2D eigenvalue weighted by Gasteiger charge is 2.39. The van der Waals surface area contributed by atoms with Gasteiger partial charge in [0.1, 0.15) is 0 Å². The van der Waals surface area contributed by atoms with Crippen molar-refractivity contribution < 1.29 is 13.2 Å². The van der Waals surface area contributed by atoms with Crippen molar-refractivity contribution in [2.24, 2.45) is 0 Å². The monoisotopic (exact) mass is 296 g/mol. The van der Waals surface area contributed by atoms with Crippen molar-refractivity contribution in [3.63, 3.8) is 0 Å². The van der Waals surface area contributed by atoms with Gasteiger partial charge in [0.2, 0.25) is 10.0 Å². The van der Waals surface area contributed by atoms with Gasteiger partial charge in [0.05, 0.1) is 17.1 Å². The average molecular weight is 296 g/mol. The molecule has 110 valence electrons. The molecule has 2 aliphatic heterocycles. The van der Waals surface area contributed by atoms with Crippen LogP contribution in [0.5, 0.6) is 0 Å². The standard InChI is InChI=1S/C14H20N2O3S/c1-2-10-3-4-11(15)7-14(10)20(17,18)16-8-12-5-6-13(9-16)19-12/h3-4,7,12-13H,2,5-6,8-9,15H2,1H3. The molecular weight excluding hydrogens is 276 g/mol. The number of sulfonamides is 1. The Hall–Kier alpha value is -1.11. The predicted molar refractivity (Wildman–Crippen MR) is 76.9 cm³/mol. The molecule has 3 rings (SSSR count). The average Bonchev–Trinajstić information content (AvgIpc) is 2.77. The third-order valence-electron chi connectivity index (χ3n) is 4.10. The van der Waals surface area contributed by atoms with E-state index in [1.54, 1.807) is 22.5 Å². The topological polar surface area (TPSA) is 72.6 Å². The summed E-state index contributed by atoms with van der Waals surface area (Å²) in [5.41, 5.74) is 7.07. The Morgan fingerprint density at radius 2 is 1.95 bits per heavy atom. The van der Waals surface area contributed by atoms with Crippen LogP contribution < -0.4 is 5.73 Å². The summed E-state index contributed by atoms with van der Waals surface area (Å²) in [5.74, 6) is 0. The minimum atomic E-state index is -3.48.